The van der Waals surface area contributed by atoms with Crippen LogP contribution in [0, 0.1) is 0 Å². The van der Waals surface area contributed by atoms with Crippen LogP contribution < -0.4 is 30.9 Å². The Labute approximate surface area is 300 Å². The van der Waals surface area contributed by atoms with Gasteiger partial charge < -0.3 is 34.9 Å². The quantitative estimate of drug-likeness (QED) is 0.241. The van der Waals surface area contributed by atoms with Crippen LogP contribution in [-0.2, 0) is 22.5 Å². The van der Waals surface area contributed by atoms with Crippen LogP contribution in [0.1, 0.15) is 43.1 Å². The van der Waals surface area contributed by atoms with Crippen LogP contribution in [-0.4, -0.2) is 106 Å². The molecule has 2 aliphatic heterocycles. The van der Waals surface area contributed by atoms with Crippen molar-refractivity contribution >= 4 is 40.6 Å². The van der Waals surface area contributed by atoms with E-state index in [0.717, 1.165) is 29.7 Å². The molecule has 2 aromatic heterocycles. The molecule has 0 aliphatic carbocycles. The van der Waals surface area contributed by atoms with Gasteiger partial charge in [-0.25, -0.2) is 19.7 Å². The van der Waals surface area contributed by atoms with Gasteiger partial charge in [0.25, 0.3) is 5.91 Å². The van der Waals surface area contributed by atoms with E-state index < -0.39 is 17.6 Å². The second kappa shape index (κ2) is 15.6. The van der Waals surface area contributed by atoms with Crippen molar-refractivity contribution < 1.29 is 33.3 Å². The number of anilines is 2. The number of nitrogens with zero attached hydrogens (tertiary/aromatic N) is 7. The maximum Gasteiger partial charge on any atom is 0.415 e. The topological polar surface area (TPSA) is 189 Å². The van der Waals surface area contributed by atoms with Crippen LogP contribution in [0.4, 0.5) is 16.6 Å². The zero-order valence-corrected chi connectivity index (χ0v) is 29.8. The van der Waals surface area contributed by atoms with Gasteiger partial charge in [0.15, 0.2) is 11.5 Å². The van der Waals surface area contributed by atoms with Crippen molar-refractivity contribution in [3.05, 3.63) is 65.5 Å². The minimum Gasteiger partial charge on any atom is -0.491 e. The first-order valence-electron chi connectivity index (χ1n) is 17.1. The Balaban J connectivity index is 1.05. The number of benzene rings is 2. The molecule has 3 N–H and O–H groups in total. The first-order valence-corrected chi connectivity index (χ1v) is 17.1. The Morgan fingerprint density at radius 1 is 0.981 bits per heavy atom. The summed E-state index contributed by atoms with van der Waals surface area (Å²) in [6.45, 7) is 10.2. The third-order valence-corrected chi connectivity index (χ3v) is 8.44. The minimum atomic E-state index is -0.549. The number of hydrogen-bond donors (Lipinski definition) is 2. The van der Waals surface area contributed by atoms with Crippen molar-refractivity contribution in [1.29, 1.82) is 0 Å². The van der Waals surface area contributed by atoms with Gasteiger partial charge in [-0.1, -0.05) is 12.1 Å². The highest BCUT2D eigenvalue weighted by molar-refractivity contribution is 5.96. The summed E-state index contributed by atoms with van der Waals surface area (Å²) in [5.41, 5.74) is 6.72. The van der Waals surface area contributed by atoms with E-state index in [9.17, 15) is 14.4 Å². The van der Waals surface area contributed by atoms with Gasteiger partial charge in [-0.3, -0.25) is 19.1 Å². The van der Waals surface area contributed by atoms with Gasteiger partial charge in [0.2, 0.25) is 11.6 Å². The Kier molecular flexibility index (Phi) is 10.8. The Morgan fingerprint density at radius 2 is 1.71 bits per heavy atom. The van der Waals surface area contributed by atoms with E-state index in [1.54, 1.807) is 36.3 Å². The van der Waals surface area contributed by atoms with E-state index >= 15 is 0 Å². The highest BCUT2D eigenvalue weighted by atomic mass is 16.6. The first kappa shape index (κ1) is 36.0. The normalized spacial score (nSPS) is 15.1. The lowest BCUT2D eigenvalue weighted by Gasteiger charge is -2.33. The monoisotopic (exact) mass is 713 g/mol. The molecular weight excluding hydrogens is 670 g/mol. The molecule has 4 aromatic rings. The van der Waals surface area contributed by atoms with Crippen LogP contribution in [0.15, 0.2) is 53.8 Å². The number of nitrogen functional groups attached to an aromatic ring is 1. The summed E-state index contributed by atoms with van der Waals surface area (Å²) >= 11 is 0. The third-order valence-electron chi connectivity index (χ3n) is 8.44. The molecule has 2 aliphatic rings. The average Bonchev–Trinajstić information content (AvgIpc) is 3.12. The molecule has 0 spiro atoms. The highest BCUT2D eigenvalue weighted by Crippen LogP contribution is 2.37. The van der Waals surface area contributed by atoms with E-state index in [0.29, 0.717) is 68.6 Å². The molecular formula is C36H43N9O7. The Bertz CT molecular complexity index is 2000. The van der Waals surface area contributed by atoms with Crippen LogP contribution in [0.5, 0.6) is 17.2 Å². The maximum atomic E-state index is 13.0. The van der Waals surface area contributed by atoms with Crippen molar-refractivity contribution in [3.63, 3.8) is 0 Å². The summed E-state index contributed by atoms with van der Waals surface area (Å²) in [6, 6.07) is 10.6. The zero-order chi connectivity index (χ0) is 36.8. The number of nitrogens with two attached hydrogens (primary N) is 1. The van der Waals surface area contributed by atoms with Gasteiger partial charge in [-0.15, -0.1) is 0 Å². The Hall–Kier alpha value is -5.77. The summed E-state index contributed by atoms with van der Waals surface area (Å²) in [4.78, 5) is 58.7. The molecule has 1 saturated heterocycles. The molecule has 0 saturated carbocycles. The molecule has 52 heavy (non-hydrogen) atoms. The van der Waals surface area contributed by atoms with Crippen molar-refractivity contribution in [2.45, 2.75) is 45.8 Å². The van der Waals surface area contributed by atoms with Crippen LogP contribution in [0.2, 0.25) is 0 Å². The number of ether oxygens (including phenoxy) is 4. The number of carbonyl (C=O) groups is 3. The number of aromatic nitrogens is 4. The average molecular weight is 714 g/mol. The lowest BCUT2D eigenvalue weighted by Crippen LogP contribution is -2.50. The summed E-state index contributed by atoms with van der Waals surface area (Å²) in [5, 5.41) is 4.23. The van der Waals surface area contributed by atoms with E-state index in [4.69, 9.17) is 29.7 Å². The van der Waals surface area contributed by atoms with Crippen molar-refractivity contribution in [2.24, 2.45) is 4.99 Å². The smallest absolute Gasteiger partial charge is 0.415 e. The van der Waals surface area contributed by atoms with Crippen molar-refractivity contribution in [2.75, 3.05) is 64.0 Å². The van der Waals surface area contributed by atoms with E-state index in [-0.39, 0.29) is 29.5 Å². The molecule has 16 nitrogen and oxygen atoms in total. The van der Waals surface area contributed by atoms with Gasteiger partial charge in [0, 0.05) is 63.6 Å². The van der Waals surface area contributed by atoms with Gasteiger partial charge in [0.1, 0.15) is 29.3 Å². The third kappa shape index (κ3) is 8.74. The lowest BCUT2D eigenvalue weighted by atomic mass is 10.1. The second-order valence-corrected chi connectivity index (χ2v) is 13.4. The van der Waals surface area contributed by atoms with Gasteiger partial charge >= 0.3 is 12.1 Å². The van der Waals surface area contributed by atoms with Gasteiger partial charge in [-0.05, 0) is 57.0 Å². The van der Waals surface area contributed by atoms with E-state index in [1.165, 1.54) is 12.4 Å². The lowest BCUT2D eigenvalue weighted by molar-refractivity contribution is -0.153. The molecule has 4 heterocycles. The number of fused-ring (bicyclic) bond motifs is 3. The largest absolute Gasteiger partial charge is 0.491 e. The number of hydrogen-bond acceptors (Lipinski definition) is 13. The molecule has 0 atom stereocenters. The molecule has 2 aromatic carbocycles. The maximum absolute atomic E-state index is 13.0. The number of nitrogens with one attached hydrogen (secondary N) is 1. The second-order valence-electron chi connectivity index (χ2n) is 13.4. The Morgan fingerprint density at radius 3 is 2.40 bits per heavy atom. The van der Waals surface area contributed by atoms with Crippen molar-refractivity contribution in [1.82, 2.24) is 29.3 Å². The van der Waals surface area contributed by atoms with E-state index in [1.807, 2.05) is 37.5 Å². The molecule has 16 heteroatoms. The SMILES string of the molecule is COc1c(OCCN2CCN(C(=O)Oc3ccc(CC(=O)OC(C)(C)C)cc3)CC2)ccc2c3n(c(=NC(=O)c4cnc(N)nc4)nc12)CCCN3. The standard InChI is InChI=1S/C36H43N9O7/c1-36(2,3)52-28(46)20-23-6-8-25(9-7-23)51-35(48)44-16-14-43(15-17-44)18-19-50-27-11-10-26-29(30(27)49-4)41-34(45-13-5-12-38-31(26)45)42-32(47)24-21-39-33(37)40-22-24/h6-11,21-22,38H,5,12-20H2,1-4H3,(H2,37,39,40). The van der Waals surface area contributed by atoms with Crippen molar-refractivity contribution in [3.8, 4) is 17.2 Å². The van der Waals surface area contributed by atoms with Gasteiger partial charge in [0.05, 0.1) is 19.1 Å². The first-order chi connectivity index (χ1) is 25.0. The molecule has 274 valence electrons. The summed E-state index contributed by atoms with van der Waals surface area (Å²) in [5.74, 6) is 1.34. The molecule has 0 radical (unpaired) electrons. The molecule has 0 unspecified atom stereocenters. The summed E-state index contributed by atoms with van der Waals surface area (Å²) in [6.07, 6.45) is 3.23. The molecule has 1 fully saturated rings. The fraction of sp³-hybridized carbons (Fsp3) is 0.417. The number of amides is 2. The minimum absolute atomic E-state index is 0.0639. The van der Waals surface area contributed by atoms with Gasteiger partial charge in [-0.2, -0.15) is 4.99 Å². The number of carbonyl (C=O) groups excluding carboxylic acids is 3. The fourth-order valence-corrected chi connectivity index (χ4v) is 5.93. The number of piperazine rings is 1. The predicted octanol–water partition coefficient (Wildman–Crippen LogP) is 3.05. The molecule has 6 rings (SSSR count). The fourth-order valence-electron chi connectivity index (χ4n) is 5.93. The summed E-state index contributed by atoms with van der Waals surface area (Å²) < 4.78 is 24.8. The van der Waals surface area contributed by atoms with Crippen LogP contribution in [0.25, 0.3) is 10.9 Å². The molecule has 2 amide bonds. The van der Waals surface area contributed by atoms with E-state index in [2.05, 4.69) is 25.2 Å². The van der Waals surface area contributed by atoms with Crippen LogP contribution in [0.3, 0.4) is 0 Å². The zero-order valence-electron chi connectivity index (χ0n) is 29.8. The number of methoxy groups -OCH3 is 1. The number of esters is 1. The summed E-state index contributed by atoms with van der Waals surface area (Å²) in [7, 11) is 1.55. The van der Waals surface area contributed by atoms with Crippen LogP contribution >= 0.6 is 0 Å². The predicted molar refractivity (Wildman–Crippen MR) is 191 cm³/mol. The molecule has 0 bridgehead atoms. The highest BCUT2D eigenvalue weighted by Gasteiger charge is 2.24. The number of rotatable bonds is 9.